The van der Waals surface area contributed by atoms with Gasteiger partial charge in [0.1, 0.15) is 12.6 Å². The molecule has 2 N–H and O–H groups in total. The zero-order valence-corrected chi connectivity index (χ0v) is 10.6. The molecule has 1 aliphatic rings. The number of rotatable bonds is 4. The van der Waals surface area contributed by atoms with E-state index in [2.05, 4.69) is 10.6 Å². The summed E-state index contributed by atoms with van der Waals surface area (Å²) in [6, 6.07) is 7.19. The predicted molar refractivity (Wildman–Crippen MR) is 69.3 cm³/mol. The van der Waals surface area contributed by atoms with Crippen LogP contribution in [0.1, 0.15) is 18.5 Å². The second-order valence-electron chi connectivity index (χ2n) is 4.16. The Kier molecular flexibility index (Phi) is 3.62. The van der Waals surface area contributed by atoms with E-state index in [0.717, 1.165) is 11.3 Å². The van der Waals surface area contributed by atoms with E-state index in [0.29, 0.717) is 6.54 Å². The zero-order valence-electron chi connectivity index (χ0n) is 10.6. The molecule has 96 valence electrons. The van der Waals surface area contributed by atoms with Crippen molar-refractivity contribution in [1.29, 1.82) is 0 Å². The van der Waals surface area contributed by atoms with Gasteiger partial charge < -0.3 is 15.5 Å². The van der Waals surface area contributed by atoms with E-state index in [1.54, 1.807) is 7.05 Å². The third-order valence-electron chi connectivity index (χ3n) is 3.02. The van der Waals surface area contributed by atoms with Crippen molar-refractivity contribution >= 4 is 17.5 Å². The molecule has 0 radical (unpaired) electrons. The van der Waals surface area contributed by atoms with Crippen LogP contribution in [-0.4, -0.2) is 32.0 Å². The molecule has 1 atom stereocenters. The highest BCUT2D eigenvalue weighted by molar-refractivity contribution is 6.07. The Bertz CT molecular complexity index is 473. The molecule has 1 aromatic rings. The van der Waals surface area contributed by atoms with E-state index < -0.39 is 0 Å². The average Bonchev–Trinajstić information content (AvgIpc) is 2.63. The van der Waals surface area contributed by atoms with Crippen LogP contribution >= 0.6 is 0 Å². The quantitative estimate of drug-likeness (QED) is 0.811. The van der Waals surface area contributed by atoms with Crippen molar-refractivity contribution in [2.45, 2.75) is 13.0 Å². The van der Waals surface area contributed by atoms with Crippen LogP contribution in [0.3, 0.4) is 0 Å². The maximum atomic E-state index is 12.2. The number of carbonyl (C=O) groups excluding carboxylic acids is 2. The van der Waals surface area contributed by atoms with Crippen molar-refractivity contribution < 1.29 is 9.59 Å². The van der Waals surface area contributed by atoms with Crippen LogP contribution in [0, 0.1) is 0 Å². The Morgan fingerprint density at radius 2 is 2.11 bits per heavy atom. The van der Waals surface area contributed by atoms with Gasteiger partial charge in [-0.1, -0.05) is 18.2 Å². The maximum Gasteiger partial charge on any atom is 0.249 e. The molecule has 1 aliphatic heterocycles. The summed E-state index contributed by atoms with van der Waals surface area (Å²) in [4.78, 5) is 25.4. The second kappa shape index (κ2) is 5.18. The van der Waals surface area contributed by atoms with Crippen LogP contribution in [0.4, 0.5) is 5.69 Å². The van der Waals surface area contributed by atoms with Gasteiger partial charge in [0.2, 0.25) is 11.8 Å². The van der Waals surface area contributed by atoms with Crippen LogP contribution in [-0.2, 0) is 9.59 Å². The van der Waals surface area contributed by atoms with E-state index in [-0.39, 0.29) is 24.4 Å². The minimum atomic E-state index is -0.351. The minimum absolute atomic E-state index is 0.0713. The number of carbonyl (C=O) groups is 2. The largest absolute Gasteiger partial charge is 0.355 e. The lowest BCUT2D eigenvalue weighted by atomic mass is 10.1. The van der Waals surface area contributed by atoms with Crippen molar-refractivity contribution in [3.8, 4) is 0 Å². The molecule has 1 unspecified atom stereocenters. The SMILES string of the molecule is CCNC(=O)CN1C(=O)C(NC)c2ccccc21. The Hall–Kier alpha value is -1.88. The number of anilines is 1. The van der Waals surface area contributed by atoms with Crippen LogP contribution < -0.4 is 15.5 Å². The summed E-state index contributed by atoms with van der Waals surface area (Å²) in [5.41, 5.74) is 1.74. The van der Waals surface area contributed by atoms with Crippen molar-refractivity contribution in [2.75, 3.05) is 25.0 Å². The number of hydrogen-bond donors (Lipinski definition) is 2. The molecule has 0 spiro atoms. The molecule has 0 aromatic heterocycles. The van der Waals surface area contributed by atoms with Gasteiger partial charge in [-0.15, -0.1) is 0 Å². The van der Waals surface area contributed by atoms with Gasteiger partial charge in [0.25, 0.3) is 0 Å². The molecule has 5 nitrogen and oxygen atoms in total. The van der Waals surface area contributed by atoms with Crippen LogP contribution in [0.5, 0.6) is 0 Å². The van der Waals surface area contributed by atoms with E-state index in [9.17, 15) is 9.59 Å². The molecule has 2 rings (SSSR count). The number of hydrogen-bond acceptors (Lipinski definition) is 3. The van der Waals surface area contributed by atoms with Gasteiger partial charge in [0.15, 0.2) is 0 Å². The lowest BCUT2D eigenvalue weighted by Crippen LogP contribution is -2.41. The van der Waals surface area contributed by atoms with Crippen molar-refractivity contribution in [1.82, 2.24) is 10.6 Å². The molecule has 2 amide bonds. The third-order valence-corrected chi connectivity index (χ3v) is 3.02. The molecular formula is C13H17N3O2. The summed E-state index contributed by atoms with van der Waals surface area (Å²) in [7, 11) is 1.75. The van der Waals surface area contributed by atoms with Crippen LogP contribution in [0.25, 0.3) is 0 Å². The van der Waals surface area contributed by atoms with Gasteiger partial charge in [-0.3, -0.25) is 9.59 Å². The number of nitrogens with zero attached hydrogens (tertiary/aromatic N) is 1. The number of para-hydroxylation sites is 1. The number of benzene rings is 1. The van der Waals surface area contributed by atoms with Gasteiger partial charge in [-0.2, -0.15) is 0 Å². The fraction of sp³-hybridized carbons (Fsp3) is 0.385. The number of likely N-dealkylation sites (N-methyl/N-ethyl adjacent to an activating group) is 2. The molecule has 0 saturated heterocycles. The van der Waals surface area contributed by atoms with Crippen LogP contribution in [0.15, 0.2) is 24.3 Å². The number of fused-ring (bicyclic) bond motifs is 1. The summed E-state index contributed by atoms with van der Waals surface area (Å²) >= 11 is 0. The monoisotopic (exact) mass is 247 g/mol. The number of nitrogens with one attached hydrogen (secondary N) is 2. The standard InChI is InChI=1S/C13H17N3O2/c1-3-15-11(17)8-16-10-7-5-4-6-9(10)12(14-2)13(16)18/h4-7,12,14H,3,8H2,1-2H3,(H,15,17). The Morgan fingerprint density at radius 3 is 2.78 bits per heavy atom. The summed E-state index contributed by atoms with van der Waals surface area (Å²) in [6.07, 6.45) is 0. The first-order chi connectivity index (χ1) is 8.69. The minimum Gasteiger partial charge on any atom is -0.355 e. The van der Waals surface area contributed by atoms with Gasteiger partial charge >= 0.3 is 0 Å². The van der Waals surface area contributed by atoms with Crippen molar-refractivity contribution in [3.63, 3.8) is 0 Å². The van der Waals surface area contributed by atoms with Crippen LogP contribution in [0.2, 0.25) is 0 Å². The third kappa shape index (κ3) is 2.09. The molecular weight excluding hydrogens is 230 g/mol. The van der Waals surface area contributed by atoms with Gasteiger partial charge in [-0.25, -0.2) is 0 Å². The fourth-order valence-corrected chi connectivity index (χ4v) is 2.22. The zero-order chi connectivity index (χ0) is 13.1. The first-order valence-corrected chi connectivity index (χ1v) is 6.03. The highest BCUT2D eigenvalue weighted by atomic mass is 16.2. The molecule has 5 heteroatoms. The number of amides is 2. The average molecular weight is 247 g/mol. The first kappa shape index (κ1) is 12.6. The first-order valence-electron chi connectivity index (χ1n) is 6.03. The molecule has 1 aromatic carbocycles. The van der Waals surface area contributed by atoms with Crippen molar-refractivity contribution in [3.05, 3.63) is 29.8 Å². The van der Waals surface area contributed by atoms with E-state index >= 15 is 0 Å². The highest BCUT2D eigenvalue weighted by Crippen LogP contribution is 2.34. The Morgan fingerprint density at radius 1 is 1.39 bits per heavy atom. The predicted octanol–water partition coefficient (Wildman–Crippen LogP) is 0.430. The summed E-state index contributed by atoms with van der Waals surface area (Å²) in [6.45, 7) is 2.49. The lowest BCUT2D eigenvalue weighted by Gasteiger charge is -2.17. The van der Waals surface area contributed by atoms with Crippen molar-refractivity contribution in [2.24, 2.45) is 0 Å². The molecule has 0 saturated carbocycles. The molecule has 0 fully saturated rings. The highest BCUT2D eigenvalue weighted by Gasteiger charge is 2.36. The molecule has 0 aliphatic carbocycles. The smallest absolute Gasteiger partial charge is 0.249 e. The van der Waals surface area contributed by atoms with E-state index in [1.165, 1.54) is 4.90 Å². The normalized spacial score (nSPS) is 17.8. The lowest BCUT2D eigenvalue weighted by molar-refractivity contribution is -0.124. The Balaban J connectivity index is 2.26. The fourth-order valence-electron chi connectivity index (χ4n) is 2.22. The molecule has 0 bridgehead atoms. The summed E-state index contributed by atoms with van der Waals surface area (Å²) in [5, 5.41) is 5.69. The molecule has 1 heterocycles. The second-order valence-corrected chi connectivity index (χ2v) is 4.16. The topological polar surface area (TPSA) is 61.4 Å². The summed E-state index contributed by atoms with van der Waals surface area (Å²) < 4.78 is 0. The van der Waals surface area contributed by atoms with E-state index in [4.69, 9.17) is 0 Å². The van der Waals surface area contributed by atoms with Gasteiger partial charge in [-0.05, 0) is 20.0 Å². The van der Waals surface area contributed by atoms with Gasteiger partial charge in [0, 0.05) is 17.8 Å². The Labute approximate surface area is 106 Å². The molecule has 18 heavy (non-hydrogen) atoms. The van der Waals surface area contributed by atoms with Gasteiger partial charge in [0.05, 0.1) is 0 Å². The maximum absolute atomic E-state index is 12.2. The summed E-state index contributed by atoms with van der Waals surface area (Å²) in [5.74, 6) is -0.220. The van der Waals surface area contributed by atoms with E-state index in [1.807, 2.05) is 31.2 Å².